The Labute approximate surface area is 163 Å². The molecular weight excluding hydrogens is 334 g/mol. The maximum absolute atomic E-state index is 8.99. The summed E-state index contributed by atoms with van der Waals surface area (Å²) in [5.41, 5.74) is 2.24. The second-order valence-electron chi connectivity index (χ2n) is 7.59. The van der Waals surface area contributed by atoms with Crippen LogP contribution in [0, 0.1) is 16.7 Å². The standard InChI is InChI=1S/C24H31NO2/c1-24(2,20-25)16-7-4-8-17-26-18-15-21-11-13-23(14-12-21)27-19-22-9-5-3-6-10-22/h3,5-6,9-14H,4,7-8,15-19H2,1-2H3. The summed E-state index contributed by atoms with van der Waals surface area (Å²) in [6.45, 7) is 6.14. The summed E-state index contributed by atoms with van der Waals surface area (Å²) in [7, 11) is 0. The molecule has 0 aliphatic rings. The van der Waals surface area contributed by atoms with Gasteiger partial charge in [0, 0.05) is 6.61 Å². The zero-order valence-corrected chi connectivity index (χ0v) is 16.6. The molecule has 0 amide bonds. The van der Waals surface area contributed by atoms with Gasteiger partial charge in [-0.15, -0.1) is 0 Å². The summed E-state index contributed by atoms with van der Waals surface area (Å²) in [4.78, 5) is 0. The van der Waals surface area contributed by atoms with Gasteiger partial charge in [-0.3, -0.25) is 0 Å². The molecule has 0 saturated carbocycles. The topological polar surface area (TPSA) is 42.2 Å². The quantitative estimate of drug-likeness (QED) is 0.437. The van der Waals surface area contributed by atoms with Crippen LogP contribution < -0.4 is 4.74 Å². The van der Waals surface area contributed by atoms with E-state index in [2.05, 4.69) is 30.3 Å². The molecule has 0 aliphatic carbocycles. The summed E-state index contributed by atoms with van der Waals surface area (Å²) in [5, 5.41) is 8.99. The van der Waals surface area contributed by atoms with Crippen molar-refractivity contribution in [3.05, 3.63) is 65.7 Å². The second kappa shape index (κ2) is 11.4. The van der Waals surface area contributed by atoms with Crippen LogP contribution in [0.25, 0.3) is 0 Å². The number of unbranched alkanes of at least 4 members (excludes halogenated alkanes) is 2. The molecule has 0 aromatic heterocycles. The molecule has 2 rings (SSSR count). The first kappa shape index (κ1) is 21.0. The van der Waals surface area contributed by atoms with Crippen LogP contribution in [0.3, 0.4) is 0 Å². The Morgan fingerprint density at radius 2 is 1.59 bits per heavy atom. The van der Waals surface area contributed by atoms with E-state index in [1.54, 1.807) is 0 Å². The molecule has 2 aromatic carbocycles. The van der Waals surface area contributed by atoms with Gasteiger partial charge < -0.3 is 9.47 Å². The lowest BCUT2D eigenvalue weighted by atomic mass is 9.89. The summed E-state index contributed by atoms with van der Waals surface area (Å²) in [6.07, 6.45) is 5.16. The average molecular weight is 366 g/mol. The van der Waals surface area contributed by atoms with Crippen molar-refractivity contribution in [2.75, 3.05) is 13.2 Å². The van der Waals surface area contributed by atoms with E-state index in [-0.39, 0.29) is 5.41 Å². The van der Waals surface area contributed by atoms with E-state index in [9.17, 15) is 0 Å². The van der Waals surface area contributed by atoms with Gasteiger partial charge in [0.15, 0.2) is 0 Å². The van der Waals surface area contributed by atoms with Crippen molar-refractivity contribution >= 4 is 0 Å². The van der Waals surface area contributed by atoms with Crippen LogP contribution in [0.2, 0.25) is 0 Å². The van der Waals surface area contributed by atoms with Crippen molar-refractivity contribution in [2.24, 2.45) is 5.41 Å². The second-order valence-corrected chi connectivity index (χ2v) is 7.59. The highest BCUT2D eigenvalue weighted by Gasteiger charge is 2.15. The van der Waals surface area contributed by atoms with Crippen LogP contribution in [0.4, 0.5) is 0 Å². The Bertz CT molecular complexity index is 687. The van der Waals surface area contributed by atoms with E-state index < -0.39 is 0 Å². The Balaban J connectivity index is 1.54. The van der Waals surface area contributed by atoms with Gasteiger partial charge in [-0.25, -0.2) is 0 Å². The number of ether oxygens (including phenoxy) is 2. The number of benzene rings is 2. The van der Waals surface area contributed by atoms with Crippen molar-refractivity contribution in [1.82, 2.24) is 0 Å². The smallest absolute Gasteiger partial charge is 0.119 e. The normalized spacial score (nSPS) is 11.1. The highest BCUT2D eigenvalue weighted by molar-refractivity contribution is 5.28. The molecule has 0 atom stereocenters. The van der Waals surface area contributed by atoms with Crippen LogP contribution in [-0.2, 0) is 17.8 Å². The van der Waals surface area contributed by atoms with Crippen LogP contribution in [0.15, 0.2) is 54.6 Å². The lowest BCUT2D eigenvalue weighted by Crippen LogP contribution is -2.07. The van der Waals surface area contributed by atoms with Crippen LogP contribution in [-0.4, -0.2) is 13.2 Å². The van der Waals surface area contributed by atoms with Gasteiger partial charge in [-0.2, -0.15) is 5.26 Å². The Kier molecular flexibility index (Phi) is 8.87. The van der Waals surface area contributed by atoms with Gasteiger partial charge >= 0.3 is 0 Å². The molecule has 0 N–H and O–H groups in total. The summed E-state index contributed by atoms with van der Waals surface area (Å²) in [6, 6.07) is 20.8. The number of hydrogen-bond acceptors (Lipinski definition) is 3. The third-order valence-corrected chi connectivity index (χ3v) is 4.60. The highest BCUT2D eigenvalue weighted by Crippen LogP contribution is 2.22. The van der Waals surface area contributed by atoms with E-state index in [4.69, 9.17) is 14.7 Å². The largest absolute Gasteiger partial charge is 0.489 e. The minimum Gasteiger partial charge on any atom is -0.489 e. The molecule has 3 heteroatoms. The first-order valence-electron chi connectivity index (χ1n) is 9.84. The number of hydrogen-bond donors (Lipinski definition) is 0. The minimum absolute atomic E-state index is 0.197. The zero-order chi connectivity index (χ0) is 19.4. The molecule has 144 valence electrons. The maximum Gasteiger partial charge on any atom is 0.119 e. The fraction of sp³-hybridized carbons (Fsp3) is 0.458. The molecule has 27 heavy (non-hydrogen) atoms. The van der Waals surface area contributed by atoms with Gasteiger partial charge in [-0.1, -0.05) is 55.3 Å². The van der Waals surface area contributed by atoms with Crippen LogP contribution in [0.1, 0.15) is 50.7 Å². The van der Waals surface area contributed by atoms with Gasteiger partial charge in [-0.05, 0) is 56.4 Å². The van der Waals surface area contributed by atoms with Crippen molar-refractivity contribution in [2.45, 2.75) is 52.6 Å². The van der Waals surface area contributed by atoms with Gasteiger partial charge in [0.25, 0.3) is 0 Å². The first-order valence-corrected chi connectivity index (χ1v) is 9.84. The van der Waals surface area contributed by atoms with E-state index in [0.717, 1.165) is 51.1 Å². The maximum atomic E-state index is 8.99. The van der Waals surface area contributed by atoms with E-state index in [0.29, 0.717) is 6.61 Å². The molecule has 3 nitrogen and oxygen atoms in total. The third kappa shape index (κ3) is 8.75. The van der Waals surface area contributed by atoms with Gasteiger partial charge in [0.1, 0.15) is 12.4 Å². The first-order chi connectivity index (χ1) is 13.1. The molecule has 0 aliphatic heterocycles. The monoisotopic (exact) mass is 365 g/mol. The Morgan fingerprint density at radius 3 is 2.30 bits per heavy atom. The lowest BCUT2D eigenvalue weighted by molar-refractivity contribution is 0.132. The van der Waals surface area contributed by atoms with Crippen molar-refractivity contribution in [1.29, 1.82) is 5.26 Å². The molecular formula is C24H31NO2. The molecule has 0 spiro atoms. The summed E-state index contributed by atoms with van der Waals surface area (Å²) in [5.74, 6) is 0.892. The Hall–Kier alpha value is -2.31. The Morgan fingerprint density at radius 1 is 0.852 bits per heavy atom. The zero-order valence-electron chi connectivity index (χ0n) is 16.6. The van der Waals surface area contributed by atoms with Crippen molar-refractivity contribution < 1.29 is 9.47 Å². The molecule has 0 fully saturated rings. The fourth-order valence-corrected chi connectivity index (χ4v) is 2.79. The molecule has 2 aromatic rings. The molecule has 0 saturated heterocycles. The number of nitrogens with zero attached hydrogens (tertiary/aromatic N) is 1. The molecule has 0 unspecified atom stereocenters. The van der Waals surface area contributed by atoms with E-state index in [1.165, 1.54) is 11.1 Å². The molecule has 0 heterocycles. The minimum atomic E-state index is -0.197. The highest BCUT2D eigenvalue weighted by atomic mass is 16.5. The molecule has 0 bridgehead atoms. The van der Waals surface area contributed by atoms with Gasteiger partial charge in [0.2, 0.25) is 0 Å². The predicted octanol–water partition coefficient (Wildman–Crippen LogP) is 5.93. The fourth-order valence-electron chi connectivity index (χ4n) is 2.79. The SMILES string of the molecule is CC(C)(C#N)CCCCCOCCc1ccc(OCc2ccccc2)cc1. The number of nitriles is 1. The molecule has 0 radical (unpaired) electrons. The third-order valence-electron chi connectivity index (χ3n) is 4.60. The van der Waals surface area contributed by atoms with E-state index >= 15 is 0 Å². The van der Waals surface area contributed by atoms with Crippen LogP contribution in [0.5, 0.6) is 5.75 Å². The average Bonchev–Trinajstić information content (AvgIpc) is 2.70. The summed E-state index contributed by atoms with van der Waals surface area (Å²) < 4.78 is 11.5. The number of rotatable bonds is 12. The van der Waals surface area contributed by atoms with E-state index in [1.807, 2.05) is 44.2 Å². The predicted molar refractivity (Wildman–Crippen MR) is 110 cm³/mol. The van der Waals surface area contributed by atoms with Crippen molar-refractivity contribution in [3.8, 4) is 11.8 Å². The summed E-state index contributed by atoms with van der Waals surface area (Å²) >= 11 is 0. The van der Waals surface area contributed by atoms with Crippen LogP contribution >= 0.6 is 0 Å². The van der Waals surface area contributed by atoms with Gasteiger partial charge in [0.05, 0.1) is 18.1 Å². The lowest BCUT2D eigenvalue weighted by Gasteiger charge is -2.14. The van der Waals surface area contributed by atoms with Crippen molar-refractivity contribution in [3.63, 3.8) is 0 Å².